The number of esters is 1. The molecule has 0 N–H and O–H groups in total. The van der Waals surface area contributed by atoms with E-state index in [4.69, 9.17) is 28.4 Å². The molecule has 0 aromatic heterocycles. The minimum Gasteiger partial charge on any atom is -0.493 e. The molecule has 0 saturated heterocycles. The minimum absolute atomic E-state index is 0.0228. The first-order chi connectivity index (χ1) is 23.0. The zero-order valence-corrected chi connectivity index (χ0v) is 29.9. The van der Waals surface area contributed by atoms with Crippen LogP contribution in [-0.4, -0.2) is 51.4 Å². The van der Waals surface area contributed by atoms with Crippen LogP contribution >= 0.6 is 0 Å². The van der Waals surface area contributed by atoms with Crippen LogP contribution in [0.4, 0.5) is 0 Å². The predicted octanol–water partition coefficient (Wildman–Crippen LogP) is 8.61. The molecule has 3 aliphatic heterocycles. The number of fused-ring (bicyclic) bond motifs is 6. The van der Waals surface area contributed by atoms with Gasteiger partial charge in [0.05, 0.1) is 32.3 Å². The molecule has 0 bridgehead atoms. The van der Waals surface area contributed by atoms with Crippen molar-refractivity contribution < 1.29 is 38.0 Å². The van der Waals surface area contributed by atoms with Gasteiger partial charge in [-0.15, -0.1) is 0 Å². The van der Waals surface area contributed by atoms with Crippen molar-refractivity contribution in [3.8, 4) is 28.7 Å². The molecule has 0 saturated carbocycles. The van der Waals surface area contributed by atoms with Gasteiger partial charge in [0.25, 0.3) is 0 Å². The van der Waals surface area contributed by atoms with Crippen molar-refractivity contribution in [2.45, 2.75) is 91.8 Å². The average molecular weight is 661 g/mol. The Morgan fingerprint density at radius 1 is 1.04 bits per heavy atom. The van der Waals surface area contributed by atoms with Crippen LogP contribution < -0.4 is 23.7 Å². The first-order valence-electron chi connectivity index (χ1n) is 17.1. The predicted molar refractivity (Wildman–Crippen MR) is 188 cm³/mol. The van der Waals surface area contributed by atoms with E-state index in [0.717, 1.165) is 40.4 Å². The van der Waals surface area contributed by atoms with Gasteiger partial charge in [-0.1, -0.05) is 58.8 Å². The molecule has 2 aromatic rings. The molecule has 0 aliphatic carbocycles. The number of ketones is 1. The maximum Gasteiger partial charge on any atom is 0.330 e. The molecule has 8 nitrogen and oxygen atoms in total. The average Bonchev–Trinajstić information content (AvgIpc) is 3.50. The zero-order valence-electron chi connectivity index (χ0n) is 29.9. The second-order valence-corrected chi connectivity index (χ2v) is 13.3. The van der Waals surface area contributed by atoms with E-state index in [1.165, 1.54) is 19.3 Å². The first-order valence-corrected chi connectivity index (χ1v) is 17.1. The van der Waals surface area contributed by atoms with Crippen LogP contribution in [0.15, 0.2) is 60.2 Å². The Labute approximate surface area is 286 Å². The summed E-state index contributed by atoms with van der Waals surface area (Å²) in [6.07, 6.45) is 10.9. The zero-order chi connectivity index (χ0) is 35.0. The summed E-state index contributed by atoms with van der Waals surface area (Å²) in [7, 11) is 3.14. The largest absolute Gasteiger partial charge is 0.493 e. The first kappa shape index (κ1) is 36.6. The topological polar surface area (TPSA) is 89.5 Å². The van der Waals surface area contributed by atoms with Crippen LogP contribution in [-0.2, 0) is 16.0 Å². The number of hydrogen-bond acceptors (Lipinski definition) is 8. The lowest BCUT2D eigenvalue weighted by atomic mass is 9.81. The van der Waals surface area contributed by atoms with Crippen LogP contribution in [0.25, 0.3) is 0 Å². The molecule has 3 heterocycles. The number of benzene rings is 2. The van der Waals surface area contributed by atoms with E-state index in [9.17, 15) is 9.59 Å². The number of allylic oxidation sites excluding steroid dienone is 3. The Balaban J connectivity index is 0.000000240. The van der Waals surface area contributed by atoms with E-state index < -0.39 is 12.0 Å². The third-order valence-electron chi connectivity index (χ3n) is 8.90. The molecule has 0 amide bonds. The van der Waals surface area contributed by atoms with Crippen LogP contribution in [0.1, 0.15) is 94.6 Å². The Morgan fingerprint density at radius 3 is 2.44 bits per heavy atom. The molecule has 8 heteroatoms. The number of carbonyl (C=O) groups excluding carboxylic acids is 2. The SMILES string of the molecule is C=C(C)[C@H]1Cc2c(ccc3c2O[C@@H]2COc4cc(OC)c(OC)cc4[C@@H]2C3=O)O1.CCOC(=O)/C=C(C)/C=C/CC(C)CCCC(C)C. The summed E-state index contributed by atoms with van der Waals surface area (Å²) in [6.45, 7) is 17.2. The number of hydrogen-bond donors (Lipinski definition) is 0. The molecule has 0 spiro atoms. The van der Waals surface area contributed by atoms with E-state index in [-0.39, 0.29) is 24.5 Å². The second-order valence-electron chi connectivity index (χ2n) is 13.3. The number of Topliss-reactive ketones (excluding diaryl/α,β-unsaturated/α-hetero) is 1. The molecular formula is C40H52O8. The van der Waals surface area contributed by atoms with Gasteiger partial charge in [0.1, 0.15) is 36.1 Å². The molecule has 5 rings (SSSR count). The Morgan fingerprint density at radius 2 is 1.77 bits per heavy atom. The maximum atomic E-state index is 13.5. The van der Waals surface area contributed by atoms with Gasteiger partial charge < -0.3 is 28.4 Å². The van der Waals surface area contributed by atoms with Crippen molar-refractivity contribution in [2.75, 3.05) is 27.4 Å². The third kappa shape index (κ3) is 8.82. The molecule has 0 fully saturated rings. The fraction of sp³-hybridized carbons (Fsp3) is 0.500. The maximum absolute atomic E-state index is 13.5. The van der Waals surface area contributed by atoms with Crippen LogP contribution in [0.3, 0.4) is 0 Å². The van der Waals surface area contributed by atoms with Gasteiger partial charge in [-0.05, 0) is 68.4 Å². The van der Waals surface area contributed by atoms with Crippen LogP contribution in [0.2, 0.25) is 0 Å². The fourth-order valence-corrected chi connectivity index (χ4v) is 6.24. The number of methoxy groups -OCH3 is 2. The minimum atomic E-state index is -0.455. The summed E-state index contributed by atoms with van der Waals surface area (Å²) in [6, 6.07) is 7.23. The van der Waals surface area contributed by atoms with E-state index in [1.54, 1.807) is 32.4 Å². The molecule has 1 unspecified atom stereocenters. The van der Waals surface area contributed by atoms with Crippen molar-refractivity contribution in [3.05, 3.63) is 76.9 Å². The van der Waals surface area contributed by atoms with Crippen molar-refractivity contribution in [1.82, 2.24) is 0 Å². The quantitative estimate of drug-likeness (QED) is 0.0968. The monoisotopic (exact) mass is 660 g/mol. The van der Waals surface area contributed by atoms with Gasteiger partial charge in [-0.2, -0.15) is 0 Å². The highest BCUT2D eigenvalue weighted by atomic mass is 16.5. The highest BCUT2D eigenvalue weighted by Gasteiger charge is 2.45. The van der Waals surface area contributed by atoms with Crippen molar-refractivity contribution in [1.29, 1.82) is 0 Å². The Hall–Kier alpha value is -4.20. The second kappa shape index (κ2) is 16.8. The van der Waals surface area contributed by atoms with Crippen molar-refractivity contribution >= 4 is 11.8 Å². The highest BCUT2D eigenvalue weighted by molar-refractivity contribution is 6.06. The summed E-state index contributed by atoms with van der Waals surface area (Å²) >= 11 is 0. The van der Waals surface area contributed by atoms with Crippen molar-refractivity contribution in [3.63, 3.8) is 0 Å². The van der Waals surface area contributed by atoms with Gasteiger partial charge in [-0.3, -0.25) is 4.79 Å². The third-order valence-corrected chi connectivity index (χ3v) is 8.90. The lowest BCUT2D eigenvalue weighted by molar-refractivity contribution is -0.137. The number of rotatable bonds is 12. The molecular weight excluding hydrogens is 608 g/mol. The normalized spacial score (nSPS) is 19.7. The Bertz CT molecular complexity index is 1530. The molecule has 48 heavy (non-hydrogen) atoms. The lowest BCUT2D eigenvalue weighted by Crippen LogP contribution is -2.43. The van der Waals surface area contributed by atoms with E-state index in [1.807, 2.05) is 39.0 Å². The van der Waals surface area contributed by atoms with E-state index >= 15 is 0 Å². The van der Waals surface area contributed by atoms with Gasteiger partial charge in [0.2, 0.25) is 0 Å². The molecule has 3 aliphatic rings. The molecule has 0 radical (unpaired) electrons. The van der Waals surface area contributed by atoms with Gasteiger partial charge in [-0.25, -0.2) is 4.79 Å². The standard InChI is InChI=1S/C23H22O6.C17H30O2/c1-11(2)16-8-14-15(28-16)6-5-12-22(24)21-13-7-18(25-3)19(26-4)9-17(13)27-10-20(21)29-23(12)14;1-6-19-17(18)13-16(5)12-8-11-15(4)10-7-9-14(2)3/h5-7,9,16,20-21H,1,8,10H2,2-4H3;8,12-15H,6-7,9-11H2,1-5H3/b;12-8+,16-13+/t16-,20-,21+;/m1./s1. The van der Waals surface area contributed by atoms with Gasteiger partial charge in [0, 0.05) is 29.7 Å². The number of ether oxygens (including phenoxy) is 6. The molecule has 4 atom stereocenters. The summed E-state index contributed by atoms with van der Waals surface area (Å²) in [5.74, 6) is 3.94. The number of carbonyl (C=O) groups is 2. The van der Waals surface area contributed by atoms with Gasteiger partial charge >= 0.3 is 5.97 Å². The van der Waals surface area contributed by atoms with Crippen LogP contribution in [0, 0.1) is 11.8 Å². The van der Waals surface area contributed by atoms with E-state index in [2.05, 4.69) is 33.4 Å². The van der Waals surface area contributed by atoms with E-state index in [0.29, 0.717) is 47.5 Å². The Kier molecular flexibility index (Phi) is 12.8. The fourth-order valence-electron chi connectivity index (χ4n) is 6.24. The van der Waals surface area contributed by atoms with Gasteiger partial charge in [0.15, 0.2) is 17.3 Å². The highest BCUT2D eigenvalue weighted by Crippen LogP contribution is 2.49. The summed E-state index contributed by atoms with van der Waals surface area (Å²) < 4.78 is 33.9. The molecule has 260 valence electrons. The lowest BCUT2D eigenvalue weighted by Gasteiger charge is -2.37. The summed E-state index contributed by atoms with van der Waals surface area (Å²) in [5.41, 5.74) is 4.17. The molecule has 2 aromatic carbocycles. The smallest absolute Gasteiger partial charge is 0.330 e. The van der Waals surface area contributed by atoms with Crippen LogP contribution in [0.5, 0.6) is 28.7 Å². The summed E-state index contributed by atoms with van der Waals surface area (Å²) in [5, 5.41) is 0. The van der Waals surface area contributed by atoms with Crippen molar-refractivity contribution in [2.24, 2.45) is 11.8 Å². The summed E-state index contributed by atoms with van der Waals surface area (Å²) in [4.78, 5) is 24.7.